The van der Waals surface area contributed by atoms with E-state index in [1.807, 2.05) is 12.4 Å². The summed E-state index contributed by atoms with van der Waals surface area (Å²) >= 11 is 0. The van der Waals surface area contributed by atoms with Crippen LogP contribution in [0.1, 0.15) is 35.2 Å². The Hall–Kier alpha value is -2.29. The maximum absolute atomic E-state index is 11.4. The number of anilines is 1. The van der Waals surface area contributed by atoms with Crippen molar-refractivity contribution >= 4 is 24.3 Å². The largest absolute Gasteiger partial charge is 0.341 e. The van der Waals surface area contributed by atoms with Crippen molar-refractivity contribution in [1.82, 2.24) is 25.3 Å². The zero-order valence-electron chi connectivity index (χ0n) is 15.6. The molecule has 2 aromatic heterocycles. The molecule has 2 aromatic rings. The van der Waals surface area contributed by atoms with Crippen LogP contribution >= 0.6 is 12.4 Å². The number of amides is 1. The second kappa shape index (κ2) is 8.81. The molecule has 0 saturated carbocycles. The van der Waals surface area contributed by atoms with E-state index in [4.69, 9.17) is 5.21 Å². The van der Waals surface area contributed by atoms with Crippen LogP contribution in [-0.4, -0.2) is 57.1 Å². The van der Waals surface area contributed by atoms with Gasteiger partial charge in [-0.25, -0.2) is 15.4 Å². The zero-order chi connectivity index (χ0) is 18.7. The fourth-order valence-electron chi connectivity index (χ4n) is 4.16. The molecule has 8 nitrogen and oxygen atoms in total. The first kappa shape index (κ1) is 20.4. The highest BCUT2D eigenvalue weighted by molar-refractivity contribution is 5.92. The molecule has 0 unspecified atom stereocenters. The minimum absolute atomic E-state index is 0. The third-order valence-corrected chi connectivity index (χ3v) is 5.78. The molecule has 4 heterocycles. The molecule has 0 radical (unpaired) electrons. The Labute approximate surface area is 170 Å². The van der Waals surface area contributed by atoms with E-state index in [0.717, 1.165) is 45.6 Å². The normalized spacial score (nSPS) is 18.7. The van der Waals surface area contributed by atoms with Gasteiger partial charge in [0.2, 0.25) is 5.95 Å². The fraction of sp³-hybridized carbons (Fsp3) is 0.474. The highest BCUT2D eigenvalue weighted by atomic mass is 35.5. The van der Waals surface area contributed by atoms with Crippen LogP contribution in [0.4, 0.5) is 5.95 Å². The molecule has 0 atom stereocenters. The van der Waals surface area contributed by atoms with Gasteiger partial charge in [0.25, 0.3) is 5.91 Å². The Morgan fingerprint density at radius 2 is 1.75 bits per heavy atom. The molecule has 4 rings (SSSR count). The Balaban J connectivity index is 0.00000225. The Morgan fingerprint density at radius 3 is 2.39 bits per heavy atom. The monoisotopic (exact) mass is 404 g/mol. The molecule has 150 valence electrons. The van der Waals surface area contributed by atoms with E-state index < -0.39 is 5.91 Å². The predicted octanol–water partition coefficient (Wildman–Crippen LogP) is 1.90. The van der Waals surface area contributed by atoms with E-state index in [9.17, 15) is 4.79 Å². The van der Waals surface area contributed by atoms with Gasteiger partial charge in [-0.15, -0.1) is 12.4 Å². The standard InChI is InChI=1S/C19H24N6O2.ClH/c26-17(23-27)16-11-21-18(22-12-16)25-9-4-19(5-10-25)3-8-24(14-19)13-15-1-6-20-7-2-15;/h1-2,6-7,11-12,27H,3-5,8-10,13-14H2,(H,23,26);1H. The molecule has 28 heavy (non-hydrogen) atoms. The van der Waals surface area contributed by atoms with Crippen molar-refractivity contribution in [2.24, 2.45) is 5.41 Å². The van der Waals surface area contributed by atoms with Gasteiger partial charge in [-0.3, -0.25) is 19.9 Å². The van der Waals surface area contributed by atoms with Crippen molar-refractivity contribution in [3.05, 3.63) is 48.0 Å². The summed E-state index contributed by atoms with van der Waals surface area (Å²) < 4.78 is 0. The van der Waals surface area contributed by atoms with E-state index in [2.05, 4.69) is 36.9 Å². The molecular formula is C19H25ClN6O2. The third-order valence-electron chi connectivity index (χ3n) is 5.78. The number of piperidine rings is 1. The smallest absolute Gasteiger partial charge is 0.277 e. The average Bonchev–Trinajstić information content (AvgIpc) is 3.11. The quantitative estimate of drug-likeness (QED) is 0.593. The molecule has 0 bridgehead atoms. The minimum atomic E-state index is -0.598. The lowest BCUT2D eigenvalue weighted by Crippen LogP contribution is -2.42. The van der Waals surface area contributed by atoms with Crippen molar-refractivity contribution in [2.45, 2.75) is 25.8 Å². The zero-order valence-corrected chi connectivity index (χ0v) is 16.4. The molecule has 2 fully saturated rings. The van der Waals surface area contributed by atoms with Crippen LogP contribution in [0.15, 0.2) is 36.9 Å². The van der Waals surface area contributed by atoms with Crippen molar-refractivity contribution in [3.8, 4) is 0 Å². The van der Waals surface area contributed by atoms with Crippen molar-refractivity contribution < 1.29 is 10.0 Å². The van der Waals surface area contributed by atoms with Gasteiger partial charge in [-0.1, -0.05) is 0 Å². The van der Waals surface area contributed by atoms with Crippen molar-refractivity contribution in [1.29, 1.82) is 0 Å². The number of carbonyl (C=O) groups is 1. The van der Waals surface area contributed by atoms with Crippen molar-refractivity contribution in [3.63, 3.8) is 0 Å². The first-order chi connectivity index (χ1) is 13.2. The maximum atomic E-state index is 11.4. The molecule has 0 aliphatic carbocycles. The van der Waals surface area contributed by atoms with Crippen LogP contribution < -0.4 is 10.4 Å². The van der Waals surface area contributed by atoms with Crippen LogP contribution in [0, 0.1) is 5.41 Å². The third kappa shape index (κ3) is 4.40. The number of hydrogen-bond donors (Lipinski definition) is 2. The Morgan fingerprint density at radius 1 is 1.11 bits per heavy atom. The summed E-state index contributed by atoms with van der Waals surface area (Å²) in [5.41, 5.74) is 3.55. The van der Waals surface area contributed by atoms with Crippen LogP contribution in [0.5, 0.6) is 0 Å². The molecule has 2 saturated heterocycles. The summed E-state index contributed by atoms with van der Waals surface area (Å²) in [5, 5.41) is 8.67. The summed E-state index contributed by atoms with van der Waals surface area (Å²) in [5.74, 6) is 0.0466. The van der Waals surface area contributed by atoms with E-state index in [1.165, 1.54) is 24.4 Å². The van der Waals surface area contributed by atoms with Gasteiger partial charge >= 0.3 is 0 Å². The lowest BCUT2D eigenvalue weighted by Gasteiger charge is -2.39. The highest BCUT2D eigenvalue weighted by Crippen LogP contribution is 2.41. The highest BCUT2D eigenvalue weighted by Gasteiger charge is 2.40. The summed E-state index contributed by atoms with van der Waals surface area (Å²) in [6.45, 7) is 5.12. The van der Waals surface area contributed by atoms with Crippen LogP contribution in [-0.2, 0) is 6.54 Å². The van der Waals surface area contributed by atoms with Gasteiger partial charge in [0.05, 0.1) is 5.56 Å². The van der Waals surface area contributed by atoms with Crippen LogP contribution in [0.2, 0.25) is 0 Å². The lowest BCUT2D eigenvalue weighted by molar-refractivity contribution is 0.0705. The topological polar surface area (TPSA) is 94.5 Å². The number of pyridine rings is 1. The number of aromatic nitrogens is 3. The van der Waals surface area contributed by atoms with Crippen molar-refractivity contribution in [2.75, 3.05) is 31.1 Å². The van der Waals surface area contributed by atoms with Gasteiger partial charge in [0.15, 0.2) is 0 Å². The second-order valence-corrected chi connectivity index (χ2v) is 7.52. The van der Waals surface area contributed by atoms with E-state index in [0.29, 0.717) is 11.4 Å². The number of nitrogens with one attached hydrogen (secondary N) is 1. The lowest BCUT2D eigenvalue weighted by atomic mass is 9.78. The maximum Gasteiger partial charge on any atom is 0.277 e. The molecule has 2 N–H and O–H groups in total. The number of hydrogen-bond acceptors (Lipinski definition) is 7. The van der Waals surface area contributed by atoms with Crippen LogP contribution in [0.25, 0.3) is 0 Å². The van der Waals surface area contributed by atoms with Gasteiger partial charge in [0, 0.05) is 51.0 Å². The molecule has 2 aliphatic heterocycles. The summed E-state index contributed by atoms with van der Waals surface area (Å²) in [7, 11) is 0. The predicted molar refractivity (Wildman–Crippen MR) is 107 cm³/mol. The molecular weight excluding hydrogens is 380 g/mol. The molecule has 1 amide bonds. The molecule has 0 aromatic carbocycles. The molecule has 2 aliphatic rings. The van der Waals surface area contributed by atoms with E-state index in [-0.39, 0.29) is 18.0 Å². The van der Waals surface area contributed by atoms with E-state index >= 15 is 0 Å². The first-order valence-corrected chi connectivity index (χ1v) is 9.30. The molecule has 1 spiro atoms. The number of halogens is 1. The summed E-state index contributed by atoms with van der Waals surface area (Å²) in [6, 6.07) is 4.18. The minimum Gasteiger partial charge on any atom is -0.341 e. The van der Waals surface area contributed by atoms with Gasteiger partial charge in [-0.05, 0) is 48.9 Å². The Bertz CT molecular complexity index is 781. The van der Waals surface area contributed by atoms with Gasteiger partial charge < -0.3 is 4.90 Å². The average molecular weight is 405 g/mol. The van der Waals surface area contributed by atoms with Gasteiger partial charge in [-0.2, -0.15) is 0 Å². The second-order valence-electron chi connectivity index (χ2n) is 7.52. The number of rotatable bonds is 4. The molecule has 9 heteroatoms. The van der Waals surface area contributed by atoms with E-state index in [1.54, 1.807) is 5.48 Å². The first-order valence-electron chi connectivity index (χ1n) is 9.30. The Kier molecular flexibility index (Phi) is 6.43. The van der Waals surface area contributed by atoms with Crippen LogP contribution in [0.3, 0.4) is 0 Å². The number of carbonyl (C=O) groups excluding carboxylic acids is 1. The van der Waals surface area contributed by atoms with Gasteiger partial charge in [0.1, 0.15) is 0 Å². The summed E-state index contributed by atoms with van der Waals surface area (Å²) in [6.07, 6.45) is 10.1. The number of hydroxylamine groups is 1. The summed E-state index contributed by atoms with van der Waals surface area (Å²) in [4.78, 5) is 28.8. The number of likely N-dealkylation sites (tertiary alicyclic amines) is 1. The number of nitrogens with zero attached hydrogens (tertiary/aromatic N) is 5. The fourth-order valence-corrected chi connectivity index (χ4v) is 4.16. The SMILES string of the molecule is Cl.O=C(NO)c1cnc(N2CCC3(CCN(Cc4ccncc4)C3)CC2)nc1.